The van der Waals surface area contributed by atoms with E-state index in [0.29, 0.717) is 29.7 Å². The molecule has 0 amide bonds. The number of ether oxygens (including phenoxy) is 1. The number of pyridine rings is 1. The van der Waals surface area contributed by atoms with Crippen molar-refractivity contribution in [1.82, 2.24) is 8.71 Å². The largest absolute Gasteiger partial charge is 0.457 e. The summed E-state index contributed by atoms with van der Waals surface area (Å²) in [6.07, 6.45) is 6.15. The average molecular weight is 458 g/mol. The Labute approximate surface area is 185 Å². The number of fused-ring (bicyclic) bond motifs is 1. The maximum absolute atomic E-state index is 12.9. The normalized spacial score (nSPS) is 15.0. The minimum atomic E-state index is -3.71. The van der Waals surface area contributed by atoms with Crippen LogP contribution in [0.15, 0.2) is 53.7 Å². The van der Waals surface area contributed by atoms with Gasteiger partial charge in [0.15, 0.2) is 0 Å². The number of nitrogens with zero attached hydrogens (tertiary/aromatic N) is 3. The fourth-order valence-electron chi connectivity index (χ4n) is 3.71. The third-order valence-corrected chi connectivity index (χ3v) is 7.57. The third-order valence-electron chi connectivity index (χ3n) is 5.34. The molecule has 0 spiro atoms. The van der Waals surface area contributed by atoms with Crippen molar-refractivity contribution in [2.45, 2.75) is 30.8 Å². The van der Waals surface area contributed by atoms with Gasteiger partial charge in [-0.25, -0.2) is 13.2 Å². The van der Waals surface area contributed by atoms with Crippen molar-refractivity contribution >= 4 is 33.1 Å². The fourth-order valence-corrected chi connectivity index (χ4v) is 5.45. The maximum atomic E-state index is 12.9. The predicted molar refractivity (Wildman–Crippen MR) is 115 cm³/mol. The van der Waals surface area contributed by atoms with E-state index in [-0.39, 0.29) is 22.1 Å². The quantitative estimate of drug-likeness (QED) is 0.540. The molecule has 1 aliphatic heterocycles. The van der Waals surface area contributed by atoms with Crippen molar-refractivity contribution in [2.75, 3.05) is 13.1 Å². The van der Waals surface area contributed by atoms with Gasteiger partial charge >= 0.3 is 5.97 Å². The minimum absolute atomic E-state index is 0.0121. The summed E-state index contributed by atoms with van der Waals surface area (Å²) in [5.74, 6) is -0.750. The molecule has 3 aromatic rings. The molecule has 1 aliphatic rings. The lowest BCUT2D eigenvalue weighted by Crippen LogP contribution is -2.35. The number of esters is 1. The van der Waals surface area contributed by atoms with Gasteiger partial charge in [0, 0.05) is 31.0 Å². The summed E-state index contributed by atoms with van der Waals surface area (Å²) in [5, 5.41) is 9.59. The number of nitriles is 1. The molecule has 1 fully saturated rings. The van der Waals surface area contributed by atoms with Crippen molar-refractivity contribution < 1.29 is 17.9 Å². The molecule has 1 aromatic carbocycles. The SMILES string of the molecule is N#Cc1c(COC(=O)c2cc(S(=O)(=O)N3CCCCC3)ccc2Cl)cn2ccccc12. The van der Waals surface area contributed by atoms with E-state index in [1.807, 2.05) is 12.1 Å². The van der Waals surface area contributed by atoms with Crippen LogP contribution < -0.4 is 0 Å². The lowest BCUT2D eigenvalue weighted by molar-refractivity contribution is 0.0472. The van der Waals surface area contributed by atoms with Crippen LogP contribution in [0.3, 0.4) is 0 Å². The van der Waals surface area contributed by atoms with E-state index >= 15 is 0 Å². The van der Waals surface area contributed by atoms with E-state index in [0.717, 1.165) is 19.3 Å². The molecule has 4 rings (SSSR count). The highest BCUT2D eigenvalue weighted by Gasteiger charge is 2.27. The first kappa shape index (κ1) is 21.4. The number of rotatable bonds is 5. The van der Waals surface area contributed by atoms with Gasteiger partial charge in [-0.2, -0.15) is 9.57 Å². The molecule has 1 saturated heterocycles. The number of hydrogen-bond donors (Lipinski definition) is 0. The monoisotopic (exact) mass is 457 g/mol. The van der Waals surface area contributed by atoms with E-state index in [9.17, 15) is 18.5 Å². The Bertz CT molecular complexity index is 1290. The van der Waals surface area contributed by atoms with Gasteiger partial charge in [-0.15, -0.1) is 0 Å². The second kappa shape index (κ2) is 8.71. The molecular weight excluding hydrogens is 438 g/mol. The van der Waals surface area contributed by atoms with Gasteiger partial charge in [-0.3, -0.25) is 0 Å². The zero-order chi connectivity index (χ0) is 22.0. The molecule has 0 N–H and O–H groups in total. The lowest BCUT2D eigenvalue weighted by atomic mass is 10.2. The minimum Gasteiger partial charge on any atom is -0.457 e. The molecule has 2 aromatic heterocycles. The van der Waals surface area contributed by atoms with Gasteiger partial charge in [0.2, 0.25) is 10.0 Å². The summed E-state index contributed by atoms with van der Waals surface area (Å²) in [5.41, 5.74) is 1.65. The molecule has 0 bridgehead atoms. The Balaban J connectivity index is 1.57. The van der Waals surface area contributed by atoms with Crippen LogP contribution in [0.2, 0.25) is 5.02 Å². The van der Waals surface area contributed by atoms with Crippen LogP contribution in [0.1, 0.15) is 40.7 Å². The smallest absolute Gasteiger partial charge is 0.340 e. The zero-order valence-corrected chi connectivity index (χ0v) is 18.2. The molecule has 160 valence electrons. The highest BCUT2D eigenvalue weighted by molar-refractivity contribution is 7.89. The summed E-state index contributed by atoms with van der Waals surface area (Å²) in [6, 6.07) is 11.6. The second-order valence-corrected chi connectivity index (χ2v) is 9.66. The molecule has 0 aliphatic carbocycles. The van der Waals surface area contributed by atoms with Crippen molar-refractivity contribution in [1.29, 1.82) is 5.26 Å². The van der Waals surface area contributed by atoms with E-state index in [1.54, 1.807) is 22.9 Å². The van der Waals surface area contributed by atoms with Crippen LogP contribution in [-0.4, -0.2) is 36.2 Å². The number of hydrogen-bond acceptors (Lipinski definition) is 5. The molecule has 0 saturated carbocycles. The molecule has 9 heteroatoms. The number of carbonyl (C=O) groups is 1. The van der Waals surface area contributed by atoms with Crippen LogP contribution in [0.4, 0.5) is 0 Å². The number of carbonyl (C=O) groups excluding carboxylic acids is 1. The van der Waals surface area contributed by atoms with E-state index in [1.165, 1.54) is 22.5 Å². The Morgan fingerprint density at radius 2 is 1.94 bits per heavy atom. The molecule has 0 atom stereocenters. The van der Waals surface area contributed by atoms with Gasteiger partial charge in [0.05, 0.1) is 26.6 Å². The van der Waals surface area contributed by atoms with E-state index in [4.69, 9.17) is 16.3 Å². The number of sulfonamides is 1. The lowest BCUT2D eigenvalue weighted by Gasteiger charge is -2.26. The van der Waals surface area contributed by atoms with Gasteiger partial charge < -0.3 is 9.14 Å². The van der Waals surface area contributed by atoms with Gasteiger partial charge in [-0.1, -0.05) is 24.1 Å². The molecule has 31 heavy (non-hydrogen) atoms. The topological polar surface area (TPSA) is 91.9 Å². The van der Waals surface area contributed by atoms with E-state index < -0.39 is 16.0 Å². The Morgan fingerprint density at radius 3 is 2.68 bits per heavy atom. The maximum Gasteiger partial charge on any atom is 0.340 e. The van der Waals surface area contributed by atoms with Crippen molar-refractivity contribution in [2.24, 2.45) is 0 Å². The van der Waals surface area contributed by atoms with Crippen molar-refractivity contribution in [3.8, 4) is 6.07 Å². The first-order chi connectivity index (χ1) is 14.9. The molecule has 3 heterocycles. The van der Waals surface area contributed by atoms with Crippen molar-refractivity contribution in [3.63, 3.8) is 0 Å². The first-order valence-electron chi connectivity index (χ1n) is 9.87. The molecule has 7 nitrogen and oxygen atoms in total. The number of piperidine rings is 1. The van der Waals surface area contributed by atoms with Crippen molar-refractivity contribution in [3.05, 3.63) is 70.5 Å². The summed E-state index contributed by atoms with van der Waals surface area (Å²) < 4.78 is 34.4. The second-order valence-electron chi connectivity index (χ2n) is 7.32. The number of benzene rings is 1. The predicted octanol–water partition coefficient (Wildman–Crippen LogP) is 4.00. The van der Waals surface area contributed by atoms with E-state index in [2.05, 4.69) is 6.07 Å². The number of aromatic nitrogens is 1. The standard InChI is InChI=1S/C22H20ClN3O4S/c23-20-8-7-17(31(28,29)26-10-3-1-4-11-26)12-18(20)22(27)30-15-16-14-25-9-5-2-6-21(25)19(16)13-24/h2,5-9,12,14H,1,3-4,10-11,15H2. The third kappa shape index (κ3) is 4.17. The Morgan fingerprint density at radius 1 is 1.16 bits per heavy atom. The summed E-state index contributed by atoms with van der Waals surface area (Å²) in [4.78, 5) is 12.7. The summed E-state index contributed by atoms with van der Waals surface area (Å²) in [7, 11) is -3.71. The molecule has 0 radical (unpaired) electrons. The highest BCUT2D eigenvalue weighted by atomic mass is 35.5. The molecule has 0 unspecified atom stereocenters. The van der Waals surface area contributed by atoms with Gasteiger partial charge in [0.1, 0.15) is 12.7 Å². The van der Waals surface area contributed by atoms with Crippen LogP contribution in [0, 0.1) is 11.3 Å². The van der Waals surface area contributed by atoms with Crippen LogP contribution in [0.25, 0.3) is 5.52 Å². The average Bonchev–Trinajstić information content (AvgIpc) is 3.15. The highest BCUT2D eigenvalue weighted by Crippen LogP contribution is 2.26. The fraction of sp³-hybridized carbons (Fsp3) is 0.273. The molecular formula is C22H20ClN3O4S. The summed E-state index contributed by atoms with van der Waals surface area (Å²) in [6.45, 7) is 0.788. The van der Waals surface area contributed by atoms with Gasteiger partial charge in [0.25, 0.3) is 0 Å². The van der Waals surface area contributed by atoms with Crippen LogP contribution in [0.5, 0.6) is 0 Å². The first-order valence-corrected chi connectivity index (χ1v) is 11.7. The summed E-state index contributed by atoms with van der Waals surface area (Å²) >= 11 is 6.17. The zero-order valence-electron chi connectivity index (χ0n) is 16.6. The van der Waals surface area contributed by atoms with Crippen LogP contribution >= 0.6 is 11.6 Å². The van der Waals surface area contributed by atoms with Gasteiger partial charge in [-0.05, 0) is 43.2 Å². The number of halogens is 1. The Kier molecular flexibility index (Phi) is 6.01. The Hall–Kier alpha value is -2.86. The van der Waals surface area contributed by atoms with Crippen LogP contribution in [-0.2, 0) is 21.4 Å².